The van der Waals surface area contributed by atoms with Gasteiger partial charge in [0.1, 0.15) is 0 Å². The zero-order chi connectivity index (χ0) is 36.5. The molecule has 6 rings (SSSR count). The van der Waals surface area contributed by atoms with E-state index in [1.165, 1.54) is 44.5 Å². The molecule has 0 unspecified atom stereocenters. The summed E-state index contributed by atoms with van der Waals surface area (Å²) >= 11 is 0. The second kappa shape index (κ2) is 19.0. The monoisotopic (exact) mass is 671 g/mol. The summed E-state index contributed by atoms with van der Waals surface area (Å²) in [5.41, 5.74) is 14.8. The van der Waals surface area contributed by atoms with Gasteiger partial charge in [-0.15, -0.1) is 12.3 Å². The van der Waals surface area contributed by atoms with Gasteiger partial charge < -0.3 is 0 Å². The number of benzene rings is 6. The van der Waals surface area contributed by atoms with Crippen LogP contribution in [0.25, 0.3) is 44.5 Å². The Bertz CT molecular complexity index is 2220. The maximum Gasteiger partial charge on any atom is 0.0653 e. The van der Waals surface area contributed by atoms with Crippen molar-refractivity contribution < 1.29 is 0 Å². The lowest BCUT2D eigenvalue weighted by atomic mass is 9.97. The second-order valence-electron chi connectivity index (χ2n) is 12.4. The summed E-state index contributed by atoms with van der Waals surface area (Å²) in [6.07, 6.45) is 14.9. The van der Waals surface area contributed by atoms with E-state index in [0.717, 1.165) is 28.0 Å². The molecule has 0 aliphatic heterocycles. The van der Waals surface area contributed by atoms with Crippen molar-refractivity contribution in [1.29, 1.82) is 0 Å². The fourth-order valence-electron chi connectivity index (χ4n) is 5.84. The van der Waals surface area contributed by atoms with Gasteiger partial charge in [0, 0.05) is 5.56 Å². The van der Waals surface area contributed by atoms with E-state index in [1.54, 1.807) is 6.92 Å². The minimum atomic E-state index is 0.572. The average molecular weight is 672 g/mol. The molecule has 1 nitrogen and oxygen atoms in total. The van der Waals surface area contributed by atoms with Crippen molar-refractivity contribution in [3.05, 3.63) is 217 Å². The lowest BCUT2D eigenvalue weighted by molar-refractivity contribution is 1.07. The van der Waals surface area contributed by atoms with Crippen molar-refractivity contribution in [3.63, 3.8) is 0 Å². The van der Waals surface area contributed by atoms with E-state index in [4.69, 9.17) is 4.99 Å². The van der Waals surface area contributed by atoms with Crippen LogP contribution in [0.15, 0.2) is 200 Å². The minimum Gasteiger partial charge on any atom is -0.280 e. The van der Waals surface area contributed by atoms with Gasteiger partial charge in [-0.05, 0) is 100 Å². The summed E-state index contributed by atoms with van der Waals surface area (Å²) < 4.78 is 0. The molecule has 6 aromatic carbocycles. The molecule has 0 amide bonds. The topological polar surface area (TPSA) is 12.4 Å². The molecule has 0 radical (unpaired) electrons. The molecule has 0 heterocycles. The number of terminal acetylenes is 1. The van der Waals surface area contributed by atoms with Crippen LogP contribution in [0.4, 0.5) is 0 Å². The molecular weight excluding hydrogens is 627 g/mol. The van der Waals surface area contributed by atoms with Crippen LogP contribution in [0.1, 0.15) is 43.0 Å². The lowest BCUT2D eigenvalue weighted by Gasteiger charge is -2.10. The molecule has 1 heteroatoms. The van der Waals surface area contributed by atoms with Gasteiger partial charge in [-0.2, -0.15) is 0 Å². The van der Waals surface area contributed by atoms with Crippen LogP contribution in [-0.2, 0) is 6.54 Å². The Morgan fingerprint density at radius 2 is 1.10 bits per heavy atom. The molecule has 0 fully saturated rings. The van der Waals surface area contributed by atoms with Gasteiger partial charge in [-0.1, -0.05) is 176 Å². The molecule has 0 spiro atoms. The number of allylic oxidation sites excluding steroid dienone is 7. The van der Waals surface area contributed by atoms with Crippen LogP contribution in [0.5, 0.6) is 0 Å². The van der Waals surface area contributed by atoms with Crippen molar-refractivity contribution in [2.75, 3.05) is 0 Å². The first-order chi connectivity index (χ1) is 25.5. The molecule has 254 valence electrons. The van der Waals surface area contributed by atoms with E-state index in [0.29, 0.717) is 6.54 Å². The highest BCUT2D eigenvalue weighted by Gasteiger charge is 2.08. The van der Waals surface area contributed by atoms with Gasteiger partial charge in [0.15, 0.2) is 0 Å². The summed E-state index contributed by atoms with van der Waals surface area (Å²) in [6.45, 7) is 10.6. The highest BCUT2D eigenvalue weighted by atomic mass is 14.7. The van der Waals surface area contributed by atoms with E-state index in [1.807, 2.05) is 31.2 Å². The molecule has 0 aromatic heterocycles. The Kier molecular flexibility index (Phi) is 13.5. The standard InChI is InChI=1S/C48H41N.C3H4/c1-4-5-8-15-36(2)40-24-26-43(27-25-40)45-21-13-16-38(33-45)35-49-48(32-37(3)39-17-9-6-10-18-39)47-23-14-22-46(34-47)44-30-28-42(29-31-44)41-19-11-7-12-20-41;1-3-2/h4-34H,2,35H2,1,3H3;1H,2H3/b5-4-,15-8-,37-32+,49-48?;. The van der Waals surface area contributed by atoms with Crippen molar-refractivity contribution in [2.24, 2.45) is 4.99 Å². The van der Waals surface area contributed by atoms with Crippen LogP contribution in [0.3, 0.4) is 0 Å². The third-order valence-corrected chi connectivity index (χ3v) is 8.62. The predicted molar refractivity (Wildman–Crippen MR) is 227 cm³/mol. The first kappa shape index (κ1) is 36.8. The maximum absolute atomic E-state index is 5.24. The largest absolute Gasteiger partial charge is 0.280 e. The Hall–Kier alpha value is -6.49. The predicted octanol–water partition coefficient (Wildman–Crippen LogP) is 13.6. The SMILES string of the molecule is C#CC.C=C(/C=C\C=C/C)c1ccc(-c2cccc(CN=C(/C=C(\C)c3ccccc3)c3cccc(-c4ccc(-c5ccccc5)cc4)c3)c2)cc1. The third-order valence-electron chi connectivity index (χ3n) is 8.62. The third kappa shape index (κ3) is 10.3. The highest BCUT2D eigenvalue weighted by molar-refractivity contribution is 6.12. The first-order valence-electron chi connectivity index (χ1n) is 17.6. The normalized spacial score (nSPS) is 11.6. The van der Waals surface area contributed by atoms with Gasteiger partial charge in [-0.3, -0.25) is 4.99 Å². The Balaban J connectivity index is 0.00000168. The molecule has 0 atom stereocenters. The van der Waals surface area contributed by atoms with E-state index in [-0.39, 0.29) is 0 Å². The summed E-state index contributed by atoms with van der Waals surface area (Å²) in [5.74, 6) is 2.25. The van der Waals surface area contributed by atoms with Gasteiger partial charge in [0.25, 0.3) is 0 Å². The van der Waals surface area contributed by atoms with Crippen LogP contribution >= 0.6 is 0 Å². The van der Waals surface area contributed by atoms with Crippen LogP contribution < -0.4 is 0 Å². The van der Waals surface area contributed by atoms with Crippen LogP contribution in [0, 0.1) is 12.3 Å². The van der Waals surface area contributed by atoms with Gasteiger partial charge in [0.2, 0.25) is 0 Å². The van der Waals surface area contributed by atoms with E-state index < -0.39 is 0 Å². The summed E-state index contributed by atoms with van der Waals surface area (Å²) in [6, 6.07) is 55.9. The number of aliphatic imine (C=N–C) groups is 1. The van der Waals surface area contributed by atoms with Crippen molar-refractivity contribution in [2.45, 2.75) is 27.3 Å². The zero-order valence-corrected chi connectivity index (χ0v) is 30.3. The quantitative estimate of drug-likeness (QED) is 0.0738. The van der Waals surface area contributed by atoms with E-state index in [9.17, 15) is 0 Å². The summed E-state index contributed by atoms with van der Waals surface area (Å²) in [5, 5.41) is 0. The molecule has 0 saturated heterocycles. The second-order valence-corrected chi connectivity index (χ2v) is 12.4. The molecule has 0 bridgehead atoms. The molecule has 52 heavy (non-hydrogen) atoms. The maximum atomic E-state index is 5.24. The smallest absolute Gasteiger partial charge is 0.0653 e. The van der Waals surface area contributed by atoms with E-state index in [2.05, 4.69) is 190 Å². The van der Waals surface area contributed by atoms with Crippen molar-refractivity contribution in [3.8, 4) is 45.7 Å². The van der Waals surface area contributed by atoms with Crippen molar-refractivity contribution in [1.82, 2.24) is 0 Å². The molecule has 0 N–H and O–H groups in total. The Labute approximate surface area is 310 Å². The molecule has 0 saturated carbocycles. The van der Waals surface area contributed by atoms with E-state index >= 15 is 0 Å². The fraction of sp³-hybridized carbons (Fsp3) is 0.0784. The summed E-state index contributed by atoms with van der Waals surface area (Å²) in [4.78, 5) is 5.24. The Morgan fingerprint density at radius 1 is 0.596 bits per heavy atom. The summed E-state index contributed by atoms with van der Waals surface area (Å²) in [7, 11) is 0. The number of hydrogen-bond donors (Lipinski definition) is 0. The average Bonchev–Trinajstić information content (AvgIpc) is 3.20. The molecular formula is C51H45N. The van der Waals surface area contributed by atoms with Gasteiger partial charge in [0.05, 0.1) is 12.3 Å². The molecule has 0 aliphatic rings. The Morgan fingerprint density at radius 3 is 1.73 bits per heavy atom. The van der Waals surface area contributed by atoms with Gasteiger partial charge >= 0.3 is 0 Å². The zero-order valence-electron chi connectivity index (χ0n) is 30.3. The van der Waals surface area contributed by atoms with Gasteiger partial charge in [-0.25, -0.2) is 0 Å². The number of hydrogen-bond acceptors (Lipinski definition) is 1. The first-order valence-corrected chi connectivity index (χ1v) is 17.6. The minimum absolute atomic E-state index is 0.572. The van der Waals surface area contributed by atoms with Crippen molar-refractivity contribution >= 4 is 16.9 Å². The molecule has 6 aromatic rings. The van der Waals surface area contributed by atoms with Crippen LogP contribution in [0.2, 0.25) is 0 Å². The fourth-order valence-corrected chi connectivity index (χ4v) is 5.84. The lowest BCUT2D eigenvalue weighted by Crippen LogP contribution is -2.00. The molecule has 0 aliphatic carbocycles. The number of rotatable bonds is 11. The van der Waals surface area contributed by atoms with Crippen LogP contribution in [-0.4, -0.2) is 5.71 Å². The number of nitrogens with zero attached hydrogens (tertiary/aromatic N) is 1. The highest BCUT2D eigenvalue weighted by Crippen LogP contribution is 2.27.